The molecule has 1 saturated heterocycles. The Morgan fingerprint density at radius 3 is 2.76 bits per heavy atom. The van der Waals surface area contributed by atoms with E-state index in [9.17, 15) is 14.3 Å². The molecule has 10 nitrogen and oxygen atoms in total. The van der Waals surface area contributed by atoms with Gasteiger partial charge in [-0.2, -0.15) is 4.98 Å². The molecule has 3 rings (SSSR count). The highest BCUT2D eigenvalue weighted by atomic mass is 19.1. The lowest BCUT2D eigenvalue weighted by molar-refractivity contribution is -0.0451. The Balaban J connectivity index is 2.17. The average molecular weight is 300 g/mol. The number of aromatic amines is 1. The van der Waals surface area contributed by atoms with E-state index in [1.165, 1.54) is 0 Å². The summed E-state index contributed by atoms with van der Waals surface area (Å²) in [6.45, 7) is -0.569. The predicted molar refractivity (Wildman–Crippen MR) is 68.9 cm³/mol. The van der Waals surface area contributed by atoms with Crippen LogP contribution in [0.2, 0.25) is 0 Å². The summed E-state index contributed by atoms with van der Waals surface area (Å²) < 4.78 is 20.4. The summed E-state index contributed by atoms with van der Waals surface area (Å²) in [4.78, 5) is 21.6. The van der Waals surface area contributed by atoms with E-state index in [1.54, 1.807) is 0 Å². The number of anilines is 2. The van der Waals surface area contributed by atoms with Crippen LogP contribution in [0.1, 0.15) is 6.23 Å². The van der Waals surface area contributed by atoms with Crippen molar-refractivity contribution in [1.82, 2.24) is 19.5 Å². The van der Waals surface area contributed by atoms with Gasteiger partial charge >= 0.3 is 0 Å². The van der Waals surface area contributed by atoms with Crippen LogP contribution in [0, 0.1) is 0 Å². The Bertz CT molecular complexity index is 745. The highest BCUT2D eigenvalue weighted by molar-refractivity contribution is 5.74. The summed E-state index contributed by atoms with van der Waals surface area (Å²) in [7, 11) is 0. The van der Waals surface area contributed by atoms with Crippen LogP contribution in [-0.2, 0) is 4.74 Å². The van der Waals surface area contributed by atoms with Crippen molar-refractivity contribution in [2.75, 3.05) is 18.1 Å². The minimum absolute atomic E-state index is 0.0628. The Morgan fingerprint density at radius 2 is 2.14 bits per heavy atom. The fourth-order valence-corrected chi connectivity index (χ4v) is 2.33. The van der Waals surface area contributed by atoms with Gasteiger partial charge in [0, 0.05) is 0 Å². The Labute approximate surface area is 116 Å². The first-order valence-electron chi connectivity index (χ1n) is 6.05. The second-order valence-corrected chi connectivity index (χ2v) is 4.65. The standard InChI is InChI=1S/C10H13FN6O4/c11-3-5(19)2(1-18)21-8(3)17-6-4(14-10(17)13)7(20)16-9(12)15-6/h2-3,5,8,18-19H,1H2,(H2,13,14)(H3,12,15,16,20)/t2-,3-,5-,8-/m1/s1. The summed E-state index contributed by atoms with van der Waals surface area (Å²) in [6.07, 6.45) is -5.88. The maximum atomic E-state index is 14.2. The third-order valence-corrected chi connectivity index (χ3v) is 3.32. The Hall–Kier alpha value is -2.24. The highest BCUT2D eigenvalue weighted by Crippen LogP contribution is 2.34. The molecule has 0 aromatic carbocycles. The normalized spacial score (nSPS) is 29.3. The summed E-state index contributed by atoms with van der Waals surface area (Å²) >= 11 is 0. The minimum Gasteiger partial charge on any atom is -0.394 e. The van der Waals surface area contributed by atoms with Crippen LogP contribution in [0.4, 0.5) is 16.3 Å². The van der Waals surface area contributed by atoms with Gasteiger partial charge in [-0.25, -0.2) is 9.37 Å². The summed E-state index contributed by atoms with van der Waals surface area (Å²) in [5.41, 5.74) is 10.3. The number of hydrogen-bond donors (Lipinski definition) is 5. The molecule has 21 heavy (non-hydrogen) atoms. The number of aliphatic hydroxyl groups excluding tert-OH is 2. The summed E-state index contributed by atoms with van der Waals surface area (Å²) in [5.74, 6) is -0.409. The highest BCUT2D eigenvalue weighted by Gasteiger charge is 2.46. The number of halogens is 1. The van der Waals surface area contributed by atoms with E-state index in [-0.39, 0.29) is 23.1 Å². The molecule has 0 radical (unpaired) electrons. The van der Waals surface area contributed by atoms with Gasteiger partial charge in [-0.05, 0) is 0 Å². The molecule has 1 fully saturated rings. The van der Waals surface area contributed by atoms with Crippen molar-refractivity contribution in [3.63, 3.8) is 0 Å². The quantitative estimate of drug-likeness (QED) is 0.419. The van der Waals surface area contributed by atoms with E-state index in [0.717, 1.165) is 4.57 Å². The second kappa shape index (κ2) is 4.65. The number of nitrogens with one attached hydrogen (secondary N) is 1. The van der Waals surface area contributed by atoms with Crippen LogP contribution in [0.15, 0.2) is 4.79 Å². The first-order valence-corrected chi connectivity index (χ1v) is 6.05. The van der Waals surface area contributed by atoms with Crippen molar-refractivity contribution < 1.29 is 19.3 Å². The molecule has 2 aromatic heterocycles. The number of ether oxygens (including phenoxy) is 1. The Kier molecular flexibility index (Phi) is 3.04. The van der Waals surface area contributed by atoms with Crippen molar-refractivity contribution in [2.45, 2.75) is 24.6 Å². The van der Waals surface area contributed by atoms with E-state index < -0.39 is 36.8 Å². The monoisotopic (exact) mass is 300 g/mol. The SMILES string of the molecule is Nc1nc2c(nc(N)n2[C@@H]2O[C@H](CO)[C@@H](O)[C@H]2F)c(=O)[nH]1. The van der Waals surface area contributed by atoms with Gasteiger partial charge in [0.2, 0.25) is 11.9 Å². The number of aromatic nitrogens is 4. The first-order chi connectivity index (χ1) is 9.93. The van der Waals surface area contributed by atoms with E-state index in [4.69, 9.17) is 21.3 Å². The molecule has 7 N–H and O–H groups in total. The number of hydrogen-bond acceptors (Lipinski definition) is 8. The zero-order valence-corrected chi connectivity index (χ0v) is 10.6. The number of nitrogen functional groups attached to an aromatic ring is 2. The molecule has 1 aliphatic heterocycles. The molecule has 0 unspecified atom stereocenters. The number of nitrogens with zero attached hydrogens (tertiary/aromatic N) is 3. The number of imidazole rings is 1. The minimum atomic E-state index is -1.87. The predicted octanol–water partition coefficient (Wildman–Crippen LogP) is -2.13. The van der Waals surface area contributed by atoms with Crippen molar-refractivity contribution in [3.05, 3.63) is 10.4 Å². The summed E-state index contributed by atoms with van der Waals surface area (Å²) in [6, 6.07) is 0. The van der Waals surface area contributed by atoms with Crippen molar-refractivity contribution in [1.29, 1.82) is 0 Å². The molecule has 1 aliphatic rings. The maximum Gasteiger partial charge on any atom is 0.280 e. The van der Waals surface area contributed by atoms with Gasteiger partial charge in [0.15, 0.2) is 23.6 Å². The molecule has 11 heteroatoms. The molecule has 0 amide bonds. The van der Waals surface area contributed by atoms with Gasteiger partial charge in [-0.1, -0.05) is 0 Å². The molecule has 114 valence electrons. The molecule has 0 aliphatic carbocycles. The lowest BCUT2D eigenvalue weighted by Gasteiger charge is -2.16. The van der Waals surface area contributed by atoms with Gasteiger partial charge < -0.3 is 26.4 Å². The van der Waals surface area contributed by atoms with Crippen LogP contribution in [-0.4, -0.2) is 54.7 Å². The molecule has 0 bridgehead atoms. The smallest absolute Gasteiger partial charge is 0.280 e. The van der Waals surface area contributed by atoms with Crippen LogP contribution in [0.3, 0.4) is 0 Å². The topological polar surface area (TPSA) is 165 Å². The maximum absolute atomic E-state index is 14.2. The zero-order chi connectivity index (χ0) is 15.3. The number of fused-ring (bicyclic) bond motifs is 1. The van der Waals surface area contributed by atoms with Gasteiger partial charge in [0.25, 0.3) is 5.56 Å². The van der Waals surface area contributed by atoms with Crippen molar-refractivity contribution in [3.8, 4) is 0 Å². The van der Waals surface area contributed by atoms with E-state index in [0.29, 0.717) is 0 Å². The lowest BCUT2D eigenvalue weighted by atomic mass is 10.1. The van der Waals surface area contributed by atoms with Crippen molar-refractivity contribution in [2.24, 2.45) is 0 Å². The molecule has 3 heterocycles. The van der Waals surface area contributed by atoms with E-state index >= 15 is 0 Å². The number of rotatable bonds is 2. The number of aliphatic hydroxyl groups is 2. The van der Waals surface area contributed by atoms with Crippen LogP contribution < -0.4 is 17.0 Å². The van der Waals surface area contributed by atoms with Gasteiger partial charge in [0.1, 0.15) is 12.2 Å². The second-order valence-electron chi connectivity index (χ2n) is 4.65. The van der Waals surface area contributed by atoms with E-state index in [1.807, 2.05) is 0 Å². The number of nitrogens with two attached hydrogens (primary N) is 2. The number of alkyl halides is 1. The van der Waals surface area contributed by atoms with Crippen LogP contribution >= 0.6 is 0 Å². The first kappa shape index (κ1) is 13.7. The largest absolute Gasteiger partial charge is 0.394 e. The third-order valence-electron chi connectivity index (χ3n) is 3.32. The summed E-state index contributed by atoms with van der Waals surface area (Å²) in [5, 5.41) is 18.7. The molecule has 0 saturated carbocycles. The fraction of sp³-hybridized carbons (Fsp3) is 0.500. The lowest BCUT2D eigenvalue weighted by Crippen LogP contribution is -2.30. The van der Waals surface area contributed by atoms with Crippen LogP contribution in [0.5, 0.6) is 0 Å². The molecular formula is C10H13FN6O4. The molecular weight excluding hydrogens is 287 g/mol. The number of H-pyrrole nitrogens is 1. The fourth-order valence-electron chi connectivity index (χ4n) is 2.33. The molecule has 2 aromatic rings. The van der Waals surface area contributed by atoms with Crippen molar-refractivity contribution >= 4 is 23.1 Å². The third kappa shape index (κ3) is 1.93. The zero-order valence-electron chi connectivity index (χ0n) is 10.6. The molecule has 0 spiro atoms. The molecule has 4 atom stereocenters. The van der Waals surface area contributed by atoms with Gasteiger partial charge in [-0.15, -0.1) is 0 Å². The van der Waals surface area contributed by atoms with E-state index in [2.05, 4.69) is 15.0 Å². The average Bonchev–Trinajstić information content (AvgIpc) is 2.89. The van der Waals surface area contributed by atoms with Gasteiger partial charge in [0.05, 0.1) is 6.61 Å². The Morgan fingerprint density at radius 1 is 1.43 bits per heavy atom. The van der Waals surface area contributed by atoms with Gasteiger partial charge in [-0.3, -0.25) is 14.3 Å². The van der Waals surface area contributed by atoms with Crippen LogP contribution in [0.25, 0.3) is 11.2 Å².